The van der Waals surface area contributed by atoms with E-state index in [1.807, 2.05) is 37.3 Å². The number of hydrogen-bond acceptors (Lipinski definition) is 2. The van der Waals surface area contributed by atoms with Crippen LogP contribution < -0.4 is 11.1 Å². The first-order valence-electron chi connectivity index (χ1n) is 5.46. The van der Waals surface area contributed by atoms with Gasteiger partial charge in [-0.3, -0.25) is 4.79 Å². The normalized spacial score (nSPS) is 12.1. The van der Waals surface area contributed by atoms with Gasteiger partial charge in [0, 0.05) is 11.9 Å². The molecular weight excluding hydrogens is 214 g/mol. The Balaban J connectivity index is 2.04. The summed E-state index contributed by atoms with van der Waals surface area (Å²) in [5.74, 6) is -0.155. The van der Waals surface area contributed by atoms with E-state index in [1.165, 1.54) is 0 Å². The lowest BCUT2D eigenvalue weighted by molar-refractivity contribution is 0.0935. The van der Waals surface area contributed by atoms with E-state index in [9.17, 15) is 4.79 Å². The standard InChI is InChI=1S/C13H15N3O/c1-9(10-5-3-2-4-6-10)16-13(17)12-7-11(14)8-15-12/h2-9,15H,14H2,1H3,(H,16,17). The highest BCUT2D eigenvalue weighted by molar-refractivity contribution is 5.93. The minimum atomic E-state index is -0.155. The number of aromatic nitrogens is 1. The summed E-state index contributed by atoms with van der Waals surface area (Å²) in [5.41, 5.74) is 7.65. The van der Waals surface area contributed by atoms with Gasteiger partial charge in [-0.2, -0.15) is 0 Å². The molecule has 1 heterocycles. The van der Waals surface area contributed by atoms with Gasteiger partial charge in [0.2, 0.25) is 0 Å². The second kappa shape index (κ2) is 4.74. The van der Waals surface area contributed by atoms with Gasteiger partial charge in [0.15, 0.2) is 0 Å². The highest BCUT2D eigenvalue weighted by Gasteiger charge is 2.12. The topological polar surface area (TPSA) is 70.9 Å². The van der Waals surface area contributed by atoms with Crippen LogP contribution in [0.15, 0.2) is 42.6 Å². The summed E-state index contributed by atoms with van der Waals surface area (Å²) in [7, 11) is 0. The Hall–Kier alpha value is -2.23. The smallest absolute Gasteiger partial charge is 0.268 e. The molecule has 0 aliphatic heterocycles. The summed E-state index contributed by atoms with van der Waals surface area (Å²) in [6.07, 6.45) is 1.60. The van der Waals surface area contributed by atoms with Crippen molar-refractivity contribution in [3.63, 3.8) is 0 Å². The van der Waals surface area contributed by atoms with Crippen molar-refractivity contribution in [3.05, 3.63) is 53.9 Å². The fraction of sp³-hybridized carbons (Fsp3) is 0.154. The quantitative estimate of drug-likeness (QED) is 0.754. The van der Waals surface area contributed by atoms with Gasteiger partial charge in [-0.15, -0.1) is 0 Å². The van der Waals surface area contributed by atoms with Crippen LogP contribution in [0.4, 0.5) is 5.69 Å². The molecule has 0 spiro atoms. The zero-order chi connectivity index (χ0) is 12.3. The minimum Gasteiger partial charge on any atom is -0.397 e. The molecule has 4 nitrogen and oxygen atoms in total. The second-order valence-corrected chi connectivity index (χ2v) is 3.95. The number of benzene rings is 1. The number of H-pyrrole nitrogens is 1. The number of nitrogens with one attached hydrogen (secondary N) is 2. The number of aromatic amines is 1. The van der Waals surface area contributed by atoms with Crippen molar-refractivity contribution >= 4 is 11.6 Å². The Morgan fingerprint density at radius 3 is 2.65 bits per heavy atom. The predicted molar refractivity (Wildman–Crippen MR) is 67.5 cm³/mol. The average molecular weight is 229 g/mol. The zero-order valence-electron chi connectivity index (χ0n) is 9.60. The summed E-state index contributed by atoms with van der Waals surface area (Å²) >= 11 is 0. The SMILES string of the molecule is CC(NC(=O)c1cc(N)c[nH]1)c1ccccc1. The number of hydrogen-bond donors (Lipinski definition) is 3. The Morgan fingerprint density at radius 1 is 1.35 bits per heavy atom. The zero-order valence-corrected chi connectivity index (χ0v) is 9.60. The maximum atomic E-state index is 11.8. The summed E-state index contributed by atoms with van der Waals surface area (Å²) < 4.78 is 0. The molecule has 4 heteroatoms. The van der Waals surface area contributed by atoms with Crippen molar-refractivity contribution in [2.75, 3.05) is 5.73 Å². The van der Waals surface area contributed by atoms with Gasteiger partial charge in [-0.25, -0.2) is 0 Å². The molecule has 88 valence electrons. The highest BCUT2D eigenvalue weighted by Crippen LogP contribution is 2.12. The lowest BCUT2D eigenvalue weighted by Crippen LogP contribution is -2.26. The first kappa shape index (κ1) is 11.3. The van der Waals surface area contributed by atoms with Gasteiger partial charge in [0.05, 0.1) is 6.04 Å². The lowest BCUT2D eigenvalue weighted by atomic mass is 10.1. The van der Waals surface area contributed by atoms with Crippen molar-refractivity contribution in [2.45, 2.75) is 13.0 Å². The van der Waals surface area contributed by atoms with E-state index in [0.717, 1.165) is 5.56 Å². The highest BCUT2D eigenvalue weighted by atomic mass is 16.1. The number of rotatable bonds is 3. The van der Waals surface area contributed by atoms with Crippen molar-refractivity contribution in [2.24, 2.45) is 0 Å². The molecular formula is C13H15N3O. The molecule has 1 unspecified atom stereocenters. The van der Waals surface area contributed by atoms with Gasteiger partial charge in [0.1, 0.15) is 5.69 Å². The van der Waals surface area contributed by atoms with E-state index in [-0.39, 0.29) is 11.9 Å². The van der Waals surface area contributed by atoms with E-state index < -0.39 is 0 Å². The minimum absolute atomic E-state index is 0.0341. The number of anilines is 1. The Kier molecular flexibility index (Phi) is 3.14. The number of carbonyl (C=O) groups excluding carboxylic acids is 1. The van der Waals surface area contributed by atoms with E-state index in [0.29, 0.717) is 11.4 Å². The van der Waals surface area contributed by atoms with Crippen LogP contribution in [0.3, 0.4) is 0 Å². The predicted octanol–water partition coefficient (Wildman–Crippen LogP) is 2.09. The first-order valence-corrected chi connectivity index (χ1v) is 5.46. The van der Waals surface area contributed by atoms with Crippen LogP contribution in [0.2, 0.25) is 0 Å². The first-order chi connectivity index (χ1) is 8.16. The van der Waals surface area contributed by atoms with Gasteiger partial charge >= 0.3 is 0 Å². The van der Waals surface area contributed by atoms with E-state index in [1.54, 1.807) is 12.3 Å². The van der Waals surface area contributed by atoms with Gasteiger partial charge < -0.3 is 16.0 Å². The molecule has 0 aliphatic rings. The summed E-state index contributed by atoms with van der Waals surface area (Å²) in [4.78, 5) is 14.7. The maximum absolute atomic E-state index is 11.8. The number of nitrogens with two attached hydrogens (primary N) is 1. The van der Waals surface area contributed by atoms with Crippen molar-refractivity contribution in [1.29, 1.82) is 0 Å². The molecule has 0 aliphatic carbocycles. The third kappa shape index (κ3) is 2.66. The van der Waals surface area contributed by atoms with Crippen LogP contribution in [0.25, 0.3) is 0 Å². The summed E-state index contributed by atoms with van der Waals surface area (Å²) in [6.45, 7) is 1.94. The van der Waals surface area contributed by atoms with Gasteiger partial charge in [0.25, 0.3) is 5.91 Å². The molecule has 1 atom stereocenters. The monoisotopic (exact) mass is 229 g/mol. The molecule has 0 saturated heterocycles. The molecule has 2 aromatic rings. The number of nitrogen functional groups attached to an aromatic ring is 1. The molecule has 0 radical (unpaired) electrons. The lowest BCUT2D eigenvalue weighted by Gasteiger charge is -2.13. The van der Waals surface area contributed by atoms with Crippen LogP contribution in [-0.2, 0) is 0 Å². The van der Waals surface area contributed by atoms with Crippen LogP contribution in [0.5, 0.6) is 0 Å². The molecule has 0 fully saturated rings. The van der Waals surface area contributed by atoms with E-state index in [4.69, 9.17) is 5.73 Å². The van der Waals surface area contributed by atoms with Crippen molar-refractivity contribution in [3.8, 4) is 0 Å². The molecule has 0 bridgehead atoms. The van der Waals surface area contributed by atoms with Gasteiger partial charge in [-0.1, -0.05) is 30.3 Å². The van der Waals surface area contributed by atoms with Crippen molar-refractivity contribution < 1.29 is 4.79 Å². The molecule has 1 aromatic carbocycles. The summed E-state index contributed by atoms with van der Waals surface area (Å²) in [6, 6.07) is 11.4. The molecule has 1 amide bonds. The van der Waals surface area contributed by atoms with Gasteiger partial charge in [-0.05, 0) is 18.6 Å². The maximum Gasteiger partial charge on any atom is 0.268 e. The van der Waals surface area contributed by atoms with Crippen LogP contribution in [-0.4, -0.2) is 10.9 Å². The van der Waals surface area contributed by atoms with E-state index in [2.05, 4.69) is 10.3 Å². The molecule has 1 aromatic heterocycles. The second-order valence-electron chi connectivity index (χ2n) is 3.95. The third-order valence-electron chi connectivity index (χ3n) is 2.60. The fourth-order valence-corrected chi connectivity index (χ4v) is 1.64. The van der Waals surface area contributed by atoms with Crippen molar-refractivity contribution in [1.82, 2.24) is 10.3 Å². The number of carbonyl (C=O) groups is 1. The average Bonchev–Trinajstić information content (AvgIpc) is 2.77. The Morgan fingerprint density at radius 2 is 2.06 bits per heavy atom. The van der Waals surface area contributed by atoms with Crippen LogP contribution in [0.1, 0.15) is 29.0 Å². The fourth-order valence-electron chi connectivity index (χ4n) is 1.64. The largest absolute Gasteiger partial charge is 0.397 e. The summed E-state index contributed by atoms with van der Waals surface area (Å²) in [5, 5.41) is 2.90. The van der Waals surface area contributed by atoms with Crippen LogP contribution in [0, 0.1) is 0 Å². The number of amides is 1. The molecule has 4 N–H and O–H groups in total. The Bertz CT molecular complexity index is 504. The van der Waals surface area contributed by atoms with Crippen LogP contribution >= 0.6 is 0 Å². The van der Waals surface area contributed by atoms with E-state index >= 15 is 0 Å². The third-order valence-corrected chi connectivity index (χ3v) is 2.60. The molecule has 0 saturated carbocycles. The molecule has 17 heavy (non-hydrogen) atoms. The molecule has 2 rings (SSSR count). The Labute approximate surface area is 99.8 Å².